The molecule has 2 amide bonds. The number of nitrogens with zero attached hydrogens (tertiary/aromatic N) is 4. The van der Waals surface area contributed by atoms with Gasteiger partial charge in [0, 0.05) is 76.5 Å². The number of benzene rings is 4. The van der Waals surface area contributed by atoms with Crippen molar-refractivity contribution < 1.29 is 24.2 Å². The molecule has 3 heterocycles. The highest BCUT2D eigenvalue weighted by Gasteiger charge is 2.34. The van der Waals surface area contributed by atoms with Gasteiger partial charge >= 0.3 is 0 Å². The SMILES string of the molecule is Nc1ccccc1NC(=O)CCCCCCC(=O)NCc1ccccc1-c1ccc([C@H]2O[C@@H](CN3CCN(c4ncccn4)CC3)C[C@@H](c3ccc(CO)cc3)O2)cc1. The van der Waals surface area contributed by atoms with Crippen molar-refractivity contribution in [1.82, 2.24) is 20.2 Å². The number of nitrogen functional groups attached to an aromatic ring is 1. The van der Waals surface area contributed by atoms with Gasteiger partial charge in [0.15, 0.2) is 6.29 Å². The van der Waals surface area contributed by atoms with Gasteiger partial charge in [-0.3, -0.25) is 14.5 Å². The maximum Gasteiger partial charge on any atom is 0.225 e. The number of unbranched alkanes of at least 4 members (excludes halogenated alkanes) is 3. The molecule has 308 valence electrons. The third-order valence-corrected chi connectivity index (χ3v) is 11.1. The Labute approximate surface area is 346 Å². The second-order valence-corrected chi connectivity index (χ2v) is 15.3. The predicted molar refractivity (Wildman–Crippen MR) is 230 cm³/mol. The number of aromatic nitrogens is 2. The molecule has 2 fully saturated rings. The number of aliphatic hydroxyl groups is 1. The molecule has 12 heteroatoms. The normalized spacial score (nSPS) is 18.3. The number of nitrogens with two attached hydrogens (primary N) is 1. The third-order valence-electron chi connectivity index (χ3n) is 11.1. The van der Waals surface area contributed by atoms with E-state index in [1.54, 1.807) is 24.5 Å². The Bertz CT molecular complexity index is 2090. The van der Waals surface area contributed by atoms with Crippen molar-refractivity contribution in [2.45, 2.75) is 76.6 Å². The molecule has 2 saturated heterocycles. The summed E-state index contributed by atoms with van der Waals surface area (Å²) in [5.74, 6) is 0.734. The zero-order valence-corrected chi connectivity index (χ0v) is 33.5. The van der Waals surface area contributed by atoms with Crippen LogP contribution in [0.1, 0.15) is 79.6 Å². The number of hydrogen-bond acceptors (Lipinski definition) is 10. The highest BCUT2D eigenvalue weighted by molar-refractivity contribution is 5.93. The van der Waals surface area contributed by atoms with Crippen LogP contribution in [0.3, 0.4) is 0 Å². The molecule has 0 unspecified atom stereocenters. The summed E-state index contributed by atoms with van der Waals surface area (Å²) in [4.78, 5) is 38.6. The molecule has 0 spiro atoms. The highest BCUT2D eigenvalue weighted by atomic mass is 16.7. The summed E-state index contributed by atoms with van der Waals surface area (Å²) >= 11 is 0. The maximum absolute atomic E-state index is 12.8. The molecule has 2 aliphatic rings. The van der Waals surface area contributed by atoms with Crippen molar-refractivity contribution in [3.05, 3.63) is 138 Å². The monoisotopic (exact) mass is 797 g/mol. The largest absolute Gasteiger partial charge is 0.397 e. The number of anilines is 3. The Hall–Kier alpha value is -5.66. The summed E-state index contributed by atoms with van der Waals surface area (Å²) in [6, 6.07) is 33.5. The van der Waals surface area contributed by atoms with E-state index in [0.29, 0.717) is 30.8 Å². The molecule has 59 heavy (non-hydrogen) atoms. The molecule has 5 N–H and O–H groups in total. The van der Waals surface area contributed by atoms with Gasteiger partial charge in [0.25, 0.3) is 0 Å². The summed E-state index contributed by atoms with van der Waals surface area (Å²) < 4.78 is 13.3. The second-order valence-electron chi connectivity index (χ2n) is 15.3. The Morgan fingerprint density at radius 1 is 0.746 bits per heavy atom. The molecule has 5 aromatic rings. The van der Waals surface area contributed by atoms with Gasteiger partial charge in [0.2, 0.25) is 17.8 Å². The molecule has 0 bridgehead atoms. The van der Waals surface area contributed by atoms with Crippen LogP contribution < -0.4 is 21.3 Å². The molecule has 4 aromatic carbocycles. The number of carbonyl (C=O) groups is 2. The van der Waals surface area contributed by atoms with E-state index < -0.39 is 6.29 Å². The Kier molecular flexibility index (Phi) is 14.7. The van der Waals surface area contributed by atoms with Gasteiger partial charge in [-0.05, 0) is 58.9 Å². The lowest BCUT2D eigenvalue weighted by molar-refractivity contribution is -0.253. The molecular weight excluding hydrogens is 743 g/mol. The Morgan fingerprint density at radius 3 is 2.15 bits per heavy atom. The van der Waals surface area contributed by atoms with E-state index in [2.05, 4.69) is 66.8 Å². The number of rotatable bonds is 17. The van der Waals surface area contributed by atoms with E-state index in [0.717, 1.165) is 104 Å². The van der Waals surface area contributed by atoms with Gasteiger partial charge in [-0.25, -0.2) is 9.97 Å². The van der Waals surface area contributed by atoms with Crippen LogP contribution in [0.4, 0.5) is 17.3 Å². The van der Waals surface area contributed by atoms with Gasteiger partial charge in [0.1, 0.15) is 0 Å². The minimum absolute atomic E-state index is 0.00102. The summed E-state index contributed by atoms with van der Waals surface area (Å²) in [5, 5.41) is 15.6. The molecule has 2 aliphatic heterocycles. The fraction of sp³-hybridized carbons (Fsp3) is 0.362. The lowest BCUT2D eigenvalue weighted by Gasteiger charge is -2.40. The van der Waals surface area contributed by atoms with Crippen molar-refractivity contribution >= 4 is 29.1 Å². The number of ether oxygens (including phenoxy) is 2. The van der Waals surface area contributed by atoms with Crippen LogP contribution in [-0.2, 0) is 32.2 Å². The quantitative estimate of drug-likeness (QED) is 0.0562. The van der Waals surface area contributed by atoms with Crippen LogP contribution in [0, 0.1) is 0 Å². The van der Waals surface area contributed by atoms with Gasteiger partial charge in [0.05, 0.1) is 30.2 Å². The van der Waals surface area contributed by atoms with Gasteiger partial charge < -0.3 is 35.8 Å². The van der Waals surface area contributed by atoms with Gasteiger partial charge in [-0.1, -0.05) is 97.8 Å². The first-order valence-corrected chi connectivity index (χ1v) is 20.8. The minimum Gasteiger partial charge on any atom is -0.397 e. The van der Waals surface area contributed by atoms with E-state index in [4.69, 9.17) is 15.2 Å². The van der Waals surface area contributed by atoms with E-state index in [9.17, 15) is 14.7 Å². The maximum atomic E-state index is 12.8. The van der Waals surface area contributed by atoms with Crippen molar-refractivity contribution in [2.24, 2.45) is 0 Å². The molecule has 12 nitrogen and oxygen atoms in total. The van der Waals surface area contributed by atoms with Crippen LogP contribution in [0.25, 0.3) is 11.1 Å². The second kappa shape index (κ2) is 20.9. The van der Waals surface area contributed by atoms with Crippen molar-refractivity contribution in [2.75, 3.05) is 48.7 Å². The lowest BCUT2D eigenvalue weighted by Crippen LogP contribution is -2.50. The highest BCUT2D eigenvalue weighted by Crippen LogP contribution is 2.39. The van der Waals surface area contributed by atoms with E-state index in [1.807, 2.05) is 54.6 Å². The fourth-order valence-electron chi connectivity index (χ4n) is 7.71. The first-order valence-electron chi connectivity index (χ1n) is 20.8. The fourth-order valence-corrected chi connectivity index (χ4v) is 7.71. The summed E-state index contributed by atoms with van der Waals surface area (Å²) in [6.07, 6.45) is 7.67. The average Bonchev–Trinajstić information content (AvgIpc) is 3.28. The number of piperazine rings is 1. The molecule has 0 radical (unpaired) electrons. The van der Waals surface area contributed by atoms with E-state index in [1.165, 1.54) is 0 Å². The summed E-state index contributed by atoms with van der Waals surface area (Å²) in [7, 11) is 0. The molecule has 7 rings (SSSR count). The smallest absolute Gasteiger partial charge is 0.225 e. The van der Waals surface area contributed by atoms with Crippen LogP contribution in [0.5, 0.6) is 0 Å². The summed E-state index contributed by atoms with van der Waals surface area (Å²) in [6.45, 7) is 4.70. The number of aliphatic hydroxyl groups excluding tert-OH is 1. The first kappa shape index (κ1) is 41.5. The van der Waals surface area contributed by atoms with Crippen LogP contribution in [0.2, 0.25) is 0 Å². The van der Waals surface area contributed by atoms with E-state index >= 15 is 0 Å². The zero-order chi connectivity index (χ0) is 40.8. The molecular formula is C47H55N7O5. The Morgan fingerprint density at radius 2 is 1.42 bits per heavy atom. The predicted octanol–water partition coefficient (Wildman–Crippen LogP) is 7.18. The number of amides is 2. The Balaban J connectivity index is 0.912. The van der Waals surface area contributed by atoms with Crippen molar-refractivity contribution in [3.8, 4) is 11.1 Å². The van der Waals surface area contributed by atoms with Crippen molar-refractivity contribution in [1.29, 1.82) is 0 Å². The lowest BCUT2D eigenvalue weighted by atomic mass is 9.97. The van der Waals surface area contributed by atoms with Crippen LogP contribution in [0.15, 0.2) is 116 Å². The molecule has 0 aliphatic carbocycles. The van der Waals surface area contributed by atoms with Crippen LogP contribution >= 0.6 is 0 Å². The standard InChI is InChI=1S/C47H55N7O5/c48-41-12-7-8-13-42(41)52-45(57)15-4-2-1-3-14-44(56)51-31-38-10-5-6-11-40(38)35-20-22-37(23-21-35)46-58-39(30-43(59-46)36-18-16-34(33-55)17-19-36)32-53-26-28-54(29-27-53)47-49-24-9-25-50-47/h5-13,16-25,39,43,46,55H,1-4,14-15,26-33,48H2,(H,51,56)(H,52,57)/t39-,43+,46+/m1/s1. The third kappa shape index (κ3) is 11.7. The molecule has 1 aromatic heterocycles. The van der Waals surface area contributed by atoms with Gasteiger partial charge in [-0.15, -0.1) is 0 Å². The number of para-hydroxylation sites is 2. The molecule has 0 saturated carbocycles. The first-order chi connectivity index (χ1) is 28.9. The summed E-state index contributed by atoms with van der Waals surface area (Å²) in [5.41, 5.74) is 13.1. The van der Waals surface area contributed by atoms with E-state index in [-0.39, 0.29) is 30.6 Å². The van der Waals surface area contributed by atoms with Gasteiger partial charge in [-0.2, -0.15) is 0 Å². The zero-order valence-electron chi connectivity index (χ0n) is 33.5. The molecule has 3 atom stereocenters. The topological polar surface area (TPSA) is 155 Å². The number of hydrogen-bond donors (Lipinski definition) is 4. The average molecular weight is 798 g/mol. The number of nitrogens with one attached hydrogen (secondary N) is 2. The number of carbonyl (C=O) groups excluding carboxylic acids is 2. The van der Waals surface area contributed by atoms with Crippen molar-refractivity contribution in [3.63, 3.8) is 0 Å². The van der Waals surface area contributed by atoms with Crippen LogP contribution in [-0.4, -0.2) is 70.6 Å². The minimum atomic E-state index is -0.551.